The van der Waals surface area contributed by atoms with Gasteiger partial charge in [-0.3, -0.25) is 0 Å². The van der Waals surface area contributed by atoms with E-state index < -0.39 is 0 Å². The number of benzene rings is 1. The van der Waals surface area contributed by atoms with Crippen LogP contribution in [0.1, 0.15) is 39.7 Å². The second kappa shape index (κ2) is 8.59. The molecular weight excluding hydrogens is 251 g/mol. The zero-order valence-electron chi connectivity index (χ0n) is 12.9. The van der Waals surface area contributed by atoms with Crippen LogP contribution in [0, 0.1) is 11.8 Å². The molecule has 0 saturated carbocycles. The molecule has 0 atom stereocenters. The molecule has 0 fully saturated rings. The zero-order chi connectivity index (χ0) is 14.3. The Balaban J connectivity index is 2.41. The number of para-hydroxylation sites is 1. The first-order valence-electron chi connectivity index (χ1n) is 7.48. The van der Waals surface area contributed by atoms with Crippen molar-refractivity contribution in [2.75, 3.05) is 18.5 Å². The summed E-state index contributed by atoms with van der Waals surface area (Å²) in [5, 5.41) is 9.77. The van der Waals surface area contributed by atoms with Gasteiger partial charge in [-0.2, -0.15) is 0 Å². The topological polar surface area (TPSA) is 20.2 Å². The minimum absolute atomic E-state index is 0.173. The first-order valence-corrected chi connectivity index (χ1v) is 9.38. The molecule has 2 heteroatoms. The maximum atomic E-state index is 9.77. The quantitative estimate of drug-likeness (QED) is 0.655. The van der Waals surface area contributed by atoms with E-state index in [9.17, 15) is 5.11 Å². The highest BCUT2D eigenvalue weighted by atomic mass is 31.1. The average molecular weight is 280 g/mol. The molecule has 108 valence electrons. The molecule has 1 N–H and O–H groups in total. The number of hydrogen-bond donors (Lipinski definition) is 1. The van der Waals surface area contributed by atoms with Crippen molar-refractivity contribution < 1.29 is 5.11 Å². The molecule has 1 rings (SSSR count). The Bertz CT molecular complexity index is 350. The highest BCUT2D eigenvalue weighted by Gasteiger charge is 2.12. The standard InChI is InChI=1S/C17H29OP/c1-14(2)12-19(13-15(3)4)11-7-9-16-8-5-6-10-17(16)18/h5-6,8,10,14-15,18H,7,9,11-13H2,1-4H3. The lowest BCUT2D eigenvalue weighted by atomic mass is 10.1. The van der Waals surface area contributed by atoms with E-state index in [1.807, 2.05) is 18.2 Å². The third-order valence-electron chi connectivity index (χ3n) is 3.16. The van der Waals surface area contributed by atoms with Crippen molar-refractivity contribution in [3.05, 3.63) is 29.8 Å². The molecule has 0 aromatic heterocycles. The monoisotopic (exact) mass is 280 g/mol. The number of aromatic hydroxyl groups is 1. The van der Waals surface area contributed by atoms with E-state index in [4.69, 9.17) is 0 Å². The maximum Gasteiger partial charge on any atom is 0.118 e. The second-order valence-corrected chi connectivity index (χ2v) is 8.80. The number of rotatable bonds is 8. The molecule has 0 aliphatic carbocycles. The highest BCUT2D eigenvalue weighted by molar-refractivity contribution is 7.57. The molecular formula is C17H29OP. The van der Waals surface area contributed by atoms with Gasteiger partial charge in [0, 0.05) is 0 Å². The van der Waals surface area contributed by atoms with Crippen molar-refractivity contribution in [2.45, 2.75) is 40.5 Å². The van der Waals surface area contributed by atoms with Crippen LogP contribution >= 0.6 is 7.92 Å². The summed E-state index contributed by atoms with van der Waals surface area (Å²) < 4.78 is 0. The van der Waals surface area contributed by atoms with E-state index in [-0.39, 0.29) is 7.92 Å². The van der Waals surface area contributed by atoms with Crippen LogP contribution in [-0.4, -0.2) is 23.6 Å². The van der Waals surface area contributed by atoms with Gasteiger partial charge in [-0.1, -0.05) is 45.9 Å². The van der Waals surface area contributed by atoms with Crippen LogP contribution in [0.5, 0.6) is 5.75 Å². The molecule has 0 spiro atoms. The van der Waals surface area contributed by atoms with E-state index in [0.29, 0.717) is 5.75 Å². The fourth-order valence-electron chi connectivity index (χ4n) is 2.51. The molecule has 0 aliphatic rings. The Hall–Kier alpha value is -0.550. The minimum Gasteiger partial charge on any atom is -0.508 e. The number of hydrogen-bond acceptors (Lipinski definition) is 1. The summed E-state index contributed by atoms with van der Waals surface area (Å²) in [6.45, 7) is 9.33. The highest BCUT2D eigenvalue weighted by Crippen LogP contribution is 2.40. The number of aryl methyl sites for hydroxylation is 1. The molecule has 19 heavy (non-hydrogen) atoms. The van der Waals surface area contributed by atoms with Gasteiger partial charge < -0.3 is 5.11 Å². The molecule has 1 aromatic rings. The Morgan fingerprint density at radius 1 is 1.00 bits per heavy atom. The van der Waals surface area contributed by atoms with E-state index in [1.165, 1.54) is 24.9 Å². The van der Waals surface area contributed by atoms with E-state index >= 15 is 0 Å². The van der Waals surface area contributed by atoms with Gasteiger partial charge in [0.05, 0.1) is 0 Å². The molecule has 1 aromatic carbocycles. The Kier molecular flexibility index (Phi) is 7.46. The molecule has 0 amide bonds. The SMILES string of the molecule is CC(C)CP(CCCc1ccccc1O)CC(C)C. The lowest BCUT2D eigenvalue weighted by Gasteiger charge is -2.22. The third kappa shape index (κ3) is 6.97. The average Bonchev–Trinajstić information content (AvgIpc) is 2.30. The number of phenols is 1. The van der Waals surface area contributed by atoms with Crippen molar-refractivity contribution >= 4 is 7.92 Å². The summed E-state index contributed by atoms with van der Waals surface area (Å²) in [6, 6.07) is 7.74. The fourth-order valence-corrected chi connectivity index (χ4v) is 5.69. The van der Waals surface area contributed by atoms with Gasteiger partial charge in [-0.25, -0.2) is 0 Å². The van der Waals surface area contributed by atoms with Crippen LogP contribution in [0.25, 0.3) is 0 Å². The first kappa shape index (κ1) is 16.5. The van der Waals surface area contributed by atoms with Gasteiger partial charge in [0.2, 0.25) is 0 Å². The summed E-state index contributed by atoms with van der Waals surface area (Å²) in [6.07, 6.45) is 6.37. The van der Waals surface area contributed by atoms with Gasteiger partial charge in [0.25, 0.3) is 0 Å². The Morgan fingerprint density at radius 3 is 2.11 bits per heavy atom. The van der Waals surface area contributed by atoms with Crippen LogP contribution in [0.3, 0.4) is 0 Å². The van der Waals surface area contributed by atoms with Gasteiger partial charge in [0.1, 0.15) is 5.75 Å². The minimum atomic E-state index is 0.173. The summed E-state index contributed by atoms with van der Waals surface area (Å²) in [7, 11) is 0.173. The predicted molar refractivity (Wildman–Crippen MR) is 87.6 cm³/mol. The fraction of sp³-hybridized carbons (Fsp3) is 0.647. The lowest BCUT2D eigenvalue weighted by molar-refractivity contribution is 0.467. The van der Waals surface area contributed by atoms with Gasteiger partial charge in [-0.15, -0.1) is 7.92 Å². The second-order valence-electron chi connectivity index (χ2n) is 6.28. The van der Waals surface area contributed by atoms with Gasteiger partial charge >= 0.3 is 0 Å². The summed E-state index contributed by atoms with van der Waals surface area (Å²) >= 11 is 0. The molecule has 0 unspecified atom stereocenters. The van der Waals surface area contributed by atoms with E-state index in [1.54, 1.807) is 6.07 Å². The first-order chi connectivity index (χ1) is 8.99. The van der Waals surface area contributed by atoms with Crippen LogP contribution in [0.2, 0.25) is 0 Å². The van der Waals surface area contributed by atoms with E-state index in [2.05, 4.69) is 27.7 Å². The lowest BCUT2D eigenvalue weighted by Crippen LogP contribution is -2.05. The third-order valence-corrected chi connectivity index (χ3v) is 6.60. The maximum absolute atomic E-state index is 9.77. The van der Waals surface area contributed by atoms with Gasteiger partial charge in [0.15, 0.2) is 0 Å². The van der Waals surface area contributed by atoms with Crippen molar-refractivity contribution in [2.24, 2.45) is 11.8 Å². The van der Waals surface area contributed by atoms with E-state index in [0.717, 1.165) is 23.8 Å². The normalized spacial score (nSPS) is 11.7. The molecule has 0 heterocycles. The summed E-state index contributed by atoms with van der Waals surface area (Å²) in [5.41, 5.74) is 1.10. The van der Waals surface area contributed by atoms with Crippen LogP contribution in [0.15, 0.2) is 24.3 Å². The predicted octanol–water partition coefficient (Wildman–Crippen LogP) is 5.12. The zero-order valence-corrected chi connectivity index (χ0v) is 13.8. The van der Waals surface area contributed by atoms with Crippen molar-refractivity contribution in [1.29, 1.82) is 0 Å². The summed E-state index contributed by atoms with van der Waals surface area (Å²) in [4.78, 5) is 0. The molecule has 1 nitrogen and oxygen atoms in total. The van der Waals surface area contributed by atoms with Crippen LogP contribution in [-0.2, 0) is 6.42 Å². The Labute approximate surface area is 120 Å². The van der Waals surface area contributed by atoms with Crippen molar-refractivity contribution in [3.63, 3.8) is 0 Å². The van der Waals surface area contributed by atoms with Gasteiger partial charge in [-0.05, 0) is 54.8 Å². The largest absolute Gasteiger partial charge is 0.508 e. The summed E-state index contributed by atoms with van der Waals surface area (Å²) in [5.74, 6) is 2.09. The van der Waals surface area contributed by atoms with Crippen molar-refractivity contribution in [1.82, 2.24) is 0 Å². The molecule has 0 saturated heterocycles. The molecule has 0 radical (unpaired) electrons. The number of phenolic OH excluding ortho intramolecular Hbond substituents is 1. The van der Waals surface area contributed by atoms with Crippen LogP contribution in [0.4, 0.5) is 0 Å². The van der Waals surface area contributed by atoms with Crippen molar-refractivity contribution in [3.8, 4) is 5.75 Å². The molecule has 0 aliphatic heterocycles. The smallest absolute Gasteiger partial charge is 0.118 e. The van der Waals surface area contributed by atoms with Crippen LogP contribution < -0.4 is 0 Å². The Morgan fingerprint density at radius 2 is 1.58 bits per heavy atom. The molecule has 0 bridgehead atoms.